The highest BCUT2D eigenvalue weighted by molar-refractivity contribution is 7.99. The molecular weight excluding hydrogens is 248 g/mol. The van der Waals surface area contributed by atoms with Crippen LogP contribution in [0.1, 0.15) is 39.9 Å². The van der Waals surface area contributed by atoms with Gasteiger partial charge >= 0.3 is 0 Å². The zero-order valence-corrected chi connectivity index (χ0v) is 12.2. The van der Waals surface area contributed by atoms with Crippen molar-refractivity contribution in [3.05, 3.63) is 11.9 Å². The molecule has 0 amide bonds. The maximum Gasteiger partial charge on any atom is 0.144 e. The average molecular weight is 270 g/mol. The number of nitrogen functional groups attached to an aromatic ring is 1. The van der Waals surface area contributed by atoms with Crippen LogP contribution in [0.5, 0.6) is 0 Å². The van der Waals surface area contributed by atoms with Gasteiger partial charge in [0.15, 0.2) is 0 Å². The minimum atomic E-state index is -0.123. The Morgan fingerprint density at radius 1 is 1.44 bits per heavy atom. The average Bonchev–Trinajstić information content (AvgIpc) is 2.27. The lowest BCUT2D eigenvalue weighted by molar-refractivity contribution is 0.289. The third-order valence-electron chi connectivity index (χ3n) is 2.38. The van der Waals surface area contributed by atoms with E-state index >= 15 is 0 Å². The van der Waals surface area contributed by atoms with E-state index < -0.39 is 0 Å². The number of aromatic nitrogens is 2. The number of anilines is 1. The number of nitrogens with zero attached hydrogens (tertiary/aromatic N) is 2. The molecule has 0 aliphatic heterocycles. The number of hydrazine groups is 1. The Morgan fingerprint density at radius 3 is 2.61 bits per heavy atom. The van der Waals surface area contributed by atoms with Gasteiger partial charge < -0.3 is 10.5 Å². The number of nitrogens with two attached hydrogens (primary N) is 1. The van der Waals surface area contributed by atoms with Crippen molar-refractivity contribution >= 4 is 17.6 Å². The molecule has 0 bridgehead atoms. The largest absolute Gasteiger partial charge is 0.396 e. The summed E-state index contributed by atoms with van der Waals surface area (Å²) in [5.74, 6) is 6.81. The van der Waals surface area contributed by atoms with Crippen LogP contribution in [0.15, 0.2) is 11.1 Å². The summed E-state index contributed by atoms with van der Waals surface area (Å²) in [6.45, 7) is 8.44. The van der Waals surface area contributed by atoms with E-state index in [0.29, 0.717) is 11.1 Å². The number of nitrogens with one attached hydrogen (secondary N) is 1. The number of rotatable bonds is 5. The smallest absolute Gasteiger partial charge is 0.144 e. The SMILES string of the molecule is CC(CCO)Sc1cc(NN)nc(C(C)(C)C)n1. The fourth-order valence-electron chi connectivity index (χ4n) is 1.34. The summed E-state index contributed by atoms with van der Waals surface area (Å²) in [6, 6.07) is 1.83. The summed E-state index contributed by atoms with van der Waals surface area (Å²) < 4.78 is 0. The van der Waals surface area contributed by atoms with E-state index in [1.165, 1.54) is 0 Å². The van der Waals surface area contributed by atoms with Gasteiger partial charge in [0.2, 0.25) is 0 Å². The highest BCUT2D eigenvalue weighted by Crippen LogP contribution is 2.28. The first kappa shape index (κ1) is 15.2. The van der Waals surface area contributed by atoms with Gasteiger partial charge in [-0.3, -0.25) is 0 Å². The summed E-state index contributed by atoms with van der Waals surface area (Å²) in [5.41, 5.74) is 2.45. The summed E-state index contributed by atoms with van der Waals surface area (Å²) in [7, 11) is 0. The fourth-order valence-corrected chi connectivity index (χ4v) is 2.30. The molecule has 0 spiro atoms. The van der Waals surface area contributed by atoms with Crippen LogP contribution in [0.4, 0.5) is 5.82 Å². The van der Waals surface area contributed by atoms with Crippen LogP contribution in [0.3, 0.4) is 0 Å². The number of aliphatic hydroxyl groups is 1. The van der Waals surface area contributed by atoms with E-state index in [0.717, 1.165) is 17.3 Å². The van der Waals surface area contributed by atoms with Crippen molar-refractivity contribution in [1.29, 1.82) is 0 Å². The third kappa shape index (κ3) is 4.44. The molecule has 1 rings (SSSR count). The minimum Gasteiger partial charge on any atom is -0.396 e. The van der Waals surface area contributed by atoms with E-state index in [9.17, 15) is 0 Å². The molecule has 4 N–H and O–H groups in total. The number of aliphatic hydroxyl groups excluding tert-OH is 1. The lowest BCUT2D eigenvalue weighted by Gasteiger charge is -2.19. The summed E-state index contributed by atoms with van der Waals surface area (Å²) >= 11 is 1.62. The second-order valence-corrected chi connectivity index (χ2v) is 6.71. The van der Waals surface area contributed by atoms with Crippen molar-refractivity contribution in [2.24, 2.45) is 5.84 Å². The Morgan fingerprint density at radius 2 is 2.11 bits per heavy atom. The van der Waals surface area contributed by atoms with E-state index in [-0.39, 0.29) is 12.0 Å². The van der Waals surface area contributed by atoms with Gasteiger partial charge in [-0.25, -0.2) is 15.8 Å². The van der Waals surface area contributed by atoms with Gasteiger partial charge in [0, 0.05) is 23.3 Å². The predicted octanol–water partition coefficient (Wildman–Crippen LogP) is 1.92. The van der Waals surface area contributed by atoms with Gasteiger partial charge in [0.05, 0.1) is 0 Å². The van der Waals surface area contributed by atoms with Crippen LogP contribution in [0.25, 0.3) is 0 Å². The van der Waals surface area contributed by atoms with Crippen LogP contribution >= 0.6 is 11.8 Å². The molecule has 0 aromatic carbocycles. The molecule has 0 aliphatic rings. The molecular formula is C12H22N4OS. The van der Waals surface area contributed by atoms with Crippen molar-refractivity contribution in [2.75, 3.05) is 12.0 Å². The Bertz CT molecular complexity index is 392. The maximum atomic E-state index is 8.92. The molecule has 102 valence electrons. The summed E-state index contributed by atoms with van der Waals surface area (Å²) in [5, 5.41) is 10.1. The zero-order valence-electron chi connectivity index (χ0n) is 11.4. The number of hydrogen-bond donors (Lipinski definition) is 3. The van der Waals surface area contributed by atoms with Crippen LogP contribution < -0.4 is 11.3 Å². The highest BCUT2D eigenvalue weighted by Gasteiger charge is 2.19. The van der Waals surface area contributed by atoms with Crippen molar-refractivity contribution < 1.29 is 5.11 Å². The van der Waals surface area contributed by atoms with Crippen molar-refractivity contribution in [2.45, 2.75) is 49.8 Å². The van der Waals surface area contributed by atoms with Crippen LogP contribution in [0.2, 0.25) is 0 Å². The molecule has 1 atom stereocenters. The molecule has 0 radical (unpaired) electrons. The van der Waals surface area contributed by atoms with Crippen molar-refractivity contribution in [3.8, 4) is 0 Å². The molecule has 5 nitrogen and oxygen atoms in total. The second kappa shape index (κ2) is 6.36. The van der Waals surface area contributed by atoms with Gasteiger partial charge in [-0.15, -0.1) is 11.8 Å². The molecule has 0 saturated heterocycles. The minimum absolute atomic E-state index is 0.123. The van der Waals surface area contributed by atoms with E-state index in [1.807, 2.05) is 6.07 Å². The van der Waals surface area contributed by atoms with Crippen LogP contribution in [0, 0.1) is 0 Å². The Labute approximate surface area is 113 Å². The monoisotopic (exact) mass is 270 g/mol. The normalized spacial score (nSPS) is 13.4. The quantitative estimate of drug-likeness (QED) is 0.328. The maximum absolute atomic E-state index is 8.92. The van der Waals surface area contributed by atoms with Crippen molar-refractivity contribution in [3.63, 3.8) is 0 Å². The molecule has 1 heterocycles. The van der Waals surface area contributed by atoms with Gasteiger partial charge in [-0.05, 0) is 6.42 Å². The molecule has 0 saturated carbocycles. The van der Waals surface area contributed by atoms with E-state index in [1.54, 1.807) is 11.8 Å². The first-order valence-electron chi connectivity index (χ1n) is 6.00. The van der Waals surface area contributed by atoms with Gasteiger partial charge in [0.1, 0.15) is 16.7 Å². The lowest BCUT2D eigenvalue weighted by atomic mass is 9.96. The first-order chi connectivity index (χ1) is 8.36. The summed E-state index contributed by atoms with van der Waals surface area (Å²) in [4.78, 5) is 8.92. The highest BCUT2D eigenvalue weighted by atomic mass is 32.2. The Balaban J connectivity index is 2.97. The lowest BCUT2D eigenvalue weighted by Crippen LogP contribution is -2.19. The van der Waals surface area contributed by atoms with Gasteiger partial charge in [-0.1, -0.05) is 27.7 Å². The molecule has 1 unspecified atom stereocenters. The van der Waals surface area contributed by atoms with Crippen LogP contribution in [-0.2, 0) is 5.41 Å². The molecule has 1 aromatic rings. The van der Waals surface area contributed by atoms with E-state index in [2.05, 4.69) is 43.1 Å². The first-order valence-corrected chi connectivity index (χ1v) is 6.88. The van der Waals surface area contributed by atoms with Crippen molar-refractivity contribution in [1.82, 2.24) is 9.97 Å². The topological polar surface area (TPSA) is 84.1 Å². The molecule has 0 aliphatic carbocycles. The van der Waals surface area contributed by atoms with Gasteiger partial charge in [-0.2, -0.15) is 0 Å². The standard InChI is InChI=1S/C12H22N4OS/c1-8(5-6-17)18-10-7-9(16-13)14-11(15-10)12(2,3)4/h7-8,17H,5-6,13H2,1-4H3,(H,14,15,16). The van der Waals surface area contributed by atoms with Gasteiger partial charge in [0.25, 0.3) is 0 Å². The Hall–Kier alpha value is -0.850. The number of hydrogen-bond acceptors (Lipinski definition) is 6. The second-order valence-electron chi connectivity index (χ2n) is 5.25. The molecule has 0 fully saturated rings. The predicted molar refractivity (Wildman–Crippen MR) is 75.6 cm³/mol. The zero-order chi connectivity index (χ0) is 13.8. The molecule has 1 aromatic heterocycles. The summed E-state index contributed by atoms with van der Waals surface area (Å²) in [6.07, 6.45) is 0.741. The van der Waals surface area contributed by atoms with Crippen LogP contribution in [-0.4, -0.2) is 26.9 Å². The molecule has 6 heteroatoms. The fraction of sp³-hybridized carbons (Fsp3) is 0.667. The van der Waals surface area contributed by atoms with E-state index in [4.69, 9.17) is 10.9 Å². The third-order valence-corrected chi connectivity index (χ3v) is 3.47. The Kier molecular flexibility index (Phi) is 5.37. The number of thioether (sulfide) groups is 1. The molecule has 18 heavy (non-hydrogen) atoms.